The van der Waals surface area contributed by atoms with Crippen molar-refractivity contribution in [2.45, 2.75) is 19.9 Å². The Morgan fingerprint density at radius 3 is 2.81 bits per heavy atom. The molecule has 164 valence electrons. The monoisotopic (exact) mass is 454 g/mol. The van der Waals surface area contributed by atoms with E-state index < -0.39 is 11.9 Å². The maximum Gasteiger partial charge on any atom is 0.307 e. The first kappa shape index (κ1) is 21.5. The third-order valence-corrected chi connectivity index (χ3v) is 4.88. The van der Waals surface area contributed by atoms with Crippen LogP contribution >= 0.6 is 11.6 Å². The Bertz CT molecular complexity index is 1250. The van der Waals surface area contributed by atoms with E-state index in [2.05, 4.69) is 30.7 Å². The van der Waals surface area contributed by atoms with Gasteiger partial charge in [-0.15, -0.1) is 0 Å². The molecule has 4 rings (SSSR count). The zero-order valence-corrected chi connectivity index (χ0v) is 17.9. The Balaban J connectivity index is 1.53. The fourth-order valence-electron chi connectivity index (χ4n) is 2.96. The minimum atomic E-state index is -0.667. The Morgan fingerprint density at radius 1 is 1.25 bits per heavy atom. The van der Waals surface area contributed by atoms with Crippen molar-refractivity contribution < 1.29 is 18.8 Å². The second-order valence-electron chi connectivity index (χ2n) is 6.95. The summed E-state index contributed by atoms with van der Waals surface area (Å²) in [5, 5.41) is 19.6. The van der Waals surface area contributed by atoms with Crippen molar-refractivity contribution in [3.05, 3.63) is 70.7 Å². The topological polar surface area (TPSA) is 139 Å². The van der Waals surface area contributed by atoms with Crippen LogP contribution in [-0.4, -0.2) is 37.7 Å². The van der Waals surface area contributed by atoms with Crippen molar-refractivity contribution >= 4 is 29.1 Å². The number of aromatic nitrogens is 4. The number of rotatable bonds is 7. The third kappa shape index (κ3) is 4.61. The molecule has 0 aliphatic rings. The van der Waals surface area contributed by atoms with Crippen LogP contribution in [0.4, 0.5) is 11.6 Å². The van der Waals surface area contributed by atoms with E-state index in [-0.39, 0.29) is 12.5 Å². The van der Waals surface area contributed by atoms with Crippen molar-refractivity contribution in [3.8, 4) is 11.4 Å². The number of aliphatic hydroxyl groups is 1. The van der Waals surface area contributed by atoms with Gasteiger partial charge in [-0.05, 0) is 37.1 Å². The Morgan fingerprint density at radius 2 is 2.09 bits per heavy atom. The van der Waals surface area contributed by atoms with Crippen molar-refractivity contribution in [1.29, 1.82) is 0 Å². The average Bonchev–Trinajstić information content (AvgIpc) is 3.43. The van der Waals surface area contributed by atoms with Gasteiger partial charge in [0.05, 0.1) is 18.8 Å². The van der Waals surface area contributed by atoms with Gasteiger partial charge in [-0.1, -0.05) is 28.9 Å². The van der Waals surface area contributed by atoms with Gasteiger partial charge in [0.15, 0.2) is 5.76 Å². The molecule has 0 bridgehead atoms. The number of aliphatic hydroxyl groups excluding tert-OH is 1. The van der Waals surface area contributed by atoms with Gasteiger partial charge < -0.3 is 24.7 Å². The molecule has 1 aromatic carbocycles. The molecule has 0 aliphatic heterocycles. The van der Waals surface area contributed by atoms with Gasteiger partial charge in [0.1, 0.15) is 23.3 Å². The molecule has 1 atom stereocenters. The maximum absolute atomic E-state index is 12.6. The molecule has 0 aliphatic carbocycles. The Kier molecular flexibility index (Phi) is 6.15. The van der Waals surface area contributed by atoms with E-state index in [0.29, 0.717) is 39.4 Å². The third-order valence-electron chi connectivity index (χ3n) is 4.65. The molecule has 0 fully saturated rings. The molecular weight excluding hydrogens is 436 g/mol. The summed E-state index contributed by atoms with van der Waals surface area (Å²) in [5.74, 6) is 0.157. The standard InChI is InChI=1S/C21H19ClN6O4/c1-11-7-23-21(27-15-8-24-32-12(15)2)28-18(11)17-10-31-20(26-17)19(30)25-16(9-29)13-4-3-5-14(22)6-13/h3-8,10,16,29H,9H2,1-2H3,(H,25,30)(H,23,27,28)/t16-/m1/s1. The number of hydrogen-bond donors (Lipinski definition) is 3. The SMILES string of the molecule is Cc1cnc(Nc2cnoc2C)nc1-c1coc(C(=O)N[C@H](CO)c2cccc(Cl)c2)n1. The molecule has 0 radical (unpaired) electrons. The van der Waals surface area contributed by atoms with Crippen LogP contribution in [0, 0.1) is 13.8 Å². The number of hydrogen-bond acceptors (Lipinski definition) is 9. The average molecular weight is 455 g/mol. The second-order valence-corrected chi connectivity index (χ2v) is 7.38. The number of anilines is 2. The van der Waals surface area contributed by atoms with E-state index in [0.717, 1.165) is 5.56 Å². The number of halogens is 1. The van der Waals surface area contributed by atoms with Gasteiger partial charge in [0.25, 0.3) is 5.89 Å². The highest BCUT2D eigenvalue weighted by molar-refractivity contribution is 6.30. The van der Waals surface area contributed by atoms with Crippen LogP contribution in [0.3, 0.4) is 0 Å². The number of benzene rings is 1. The summed E-state index contributed by atoms with van der Waals surface area (Å²) in [6.07, 6.45) is 4.49. The van der Waals surface area contributed by atoms with Crippen molar-refractivity contribution in [1.82, 2.24) is 25.4 Å². The van der Waals surface area contributed by atoms with Crippen LogP contribution in [0.2, 0.25) is 5.02 Å². The quantitative estimate of drug-likeness (QED) is 0.382. The first-order chi connectivity index (χ1) is 15.4. The molecule has 10 nitrogen and oxygen atoms in total. The van der Waals surface area contributed by atoms with E-state index in [1.807, 2.05) is 6.92 Å². The summed E-state index contributed by atoms with van der Waals surface area (Å²) >= 11 is 6.00. The van der Waals surface area contributed by atoms with Crippen LogP contribution in [0.25, 0.3) is 11.4 Å². The maximum atomic E-state index is 12.6. The molecule has 4 aromatic rings. The number of amides is 1. The first-order valence-electron chi connectivity index (χ1n) is 9.59. The zero-order chi connectivity index (χ0) is 22.7. The number of oxazole rings is 1. The number of carbonyl (C=O) groups excluding carboxylic acids is 1. The molecule has 3 heterocycles. The molecule has 11 heteroatoms. The summed E-state index contributed by atoms with van der Waals surface area (Å²) in [4.78, 5) is 25.6. The molecular formula is C21H19ClN6O4. The fourth-order valence-corrected chi connectivity index (χ4v) is 3.16. The van der Waals surface area contributed by atoms with Crippen molar-refractivity contribution in [2.75, 3.05) is 11.9 Å². The van der Waals surface area contributed by atoms with Crippen LogP contribution in [0.1, 0.15) is 33.6 Å². The first-order valence-corrected chi connectivity index (χ1v) is 9.97. The Hall–Kier alpha value is -3.76. The summed E-state index contributed by atoms with van der Waals surface area (Å²) in [7, 11) is 0. The van der Waals surface area contributed by atoms with Gasteiger partial charge in [-0.25, -0.2) is 15.0 Å². The summed E-state index contributed by atoms with van der Waals surface area (Å²) in [5.41, 5.74) is 2.89. The van der Waals surface area contributed by atoms with Gasteiger partial charge in [0.2, 0.25) is 5.95 Å². The lowest BCUT2D eigenvalue weighted by atomic mass is 10.1. The molecule has 0 unspecified atom stereocenters. The highest BCUT2D eigenvalue weighted by Crippen LogP contribution is 2.24. The van der Waals surface area contributed by atoms with Crippen LogP contribution in [-0.2, 0) is 0 Å². The van der Waals surface area contributed by atoms with Gasteiger partial charge in [-0.3, -0.25) is 4.79 Å². The predicted molar refractivity (Wildman–Crippen MR) is 116 cm³/mol. The van der Waals surface area contributed by atoms with Crippen LogP contribution in [0.5, 0.6) is 0 Å². The highest BCUT2D eigenvalue weighted by atomic mass is 35.5. The summed E-state index contributed by atoms with van der Waals surface area (Å²) < 4.78 is 10.4. The van der Waals surface area contributed by atoms with E-state index in [1.54, 1.807) is 37.4 Å². The lowest BCUT2D eigenvalue weighted by Crippen LogP contribution is -2.31. The van der Waals surface area contributed by atoms with Crippen LogP contribution < -0.4 is 10.6 Å². The molecule has 0 saturated carbocycles. The lowest BCUT2D eigenvalue weighted by Gasteiger charge is -2.15. The Labute approximate surface area is 187 Å². The van der Waals surface area contributed by atoms with Gasteiger partial charge in [0, 0.05) is 11.2 Å². The summed E-state index contributed by atoms with van der Waals surface area (Å²) in [6, 6.07) is 6.20. The van der Waals surface area contributed by atoms with E-state index in [9.17, 15) is 9.90 Å². The normalized spacial score (nSPS) is 11.9. The summed E-state index contributed by atoms with van der Waals surface area (Å²) in [6.45, 7) is 3.26. The van der Waals surface area contributed by atoms with E-state index in [4.69, 9.17) is 20.5 Å². The largest absolute Gasteiger partial charge is 0.440 e. The molecule has 3 N–H and O–H groups in total. The predicted octanol–water partition coefficient (Wildman–Crippen LogP) is 3.60. The van der Waals surface area contributed by atoms with Gasteiger partial charge in [-0.2, -0.15) is 0 Å². The highest BCUT2D eigenvalue weighted by Gasteiger charge is 2.21. The minimum absolute atomic E-state index is 0.164. The van der Waals surface area contributed by atoms with E-state index in [1.165, 1.54) is 12.5 Å². The second kappa shape index (κ2) is 9.16. The molecule has 0 spiro atoms. The lowest BCUT2D eigenvalue weighted by molar-refractivity contribution is 0.0881. The number of nitrogens with zero attached hydrogens (tertiary/aromatic N) is 4. The molecule has 0 saturated heterocycles. The van der Waals surface area contributed by atoms with Crippen molar-refractivity contribution in [3.63, 3.8) is 0 Å². The molecule has 1 amide bonds. The van der Waals surface area contributed by atoms with E-state index >= 15 is 0 Å². The number of aryl methyl sites for hydroxylation is 2. The molecule has 3 aromatic heterocycles. The number of carbonyl (C=O) groups is 1. The minimum Gasteiger partial charge on any atom is -0.440 e. The number of nitrogens with one attached hydrogen (secondary N) is 2. The van der Waals surface area contributed by atoms with Crippen molar-refractivity contribution in [2.24, 2.45) is 0 Å². The zero-order valence-electron chi connectivity index (χ0n) is 17.2. The molecule has 32 heavy (non-hydrogen) atoms. The fraction of sp³-hybridized carbons (Fsp3) is 0.190. The van der Waals surface area contributed by atoms with Crippen LogP contribution in [0.15, 0.2) is 51.9 Å². The smallest absolute Gasteiger partial charge is 0.307 e. The van der Waals surface area contributed by atoms with Gasteiger partial charge >= 0.3 is 5.91 Å².